The Hall–Kier alpha value is -2.23. The standard InChI is InChI=1S/C14H11N3O/c18-13-7-3-6-11-9(13)8-15-14-16-10-4-1-2-5-12(10)17(11)14/h1-2,4-5,8H,3,6-7H2. The van der Waals surface area contributed by atoms with Gasteiger partial charge in [-0.05, 0) is 25.0 Å². The van der Waals surface area contributed by atoms with Crippen LogP contribution in [-0.2, 0) is 6.42 Å². The summed E-state index contributed by atoms with van der Waals surface area (Å²) in [5.41, 5.74) is 3.78. The Balaban J connectivity index is 2.21. The van der Waals surface area contributed by atoms with E-state index < -0.39 is 0 Å². The van der Waals surface area contributed by atoms with Crippen molar-refractivity contribution in [1.82, 2.24) is 14.4 Å². The first-order valence-corrected chi connectivity index (χ1v) is 6.13. The van der Waals surface area contributed by atoms with Gasteiger partial charge in [0.15, 0.2) is 5.78 Å². The molecule has 3 aromatic rings. The third-order valence-corrected chi connectivity index (χ3v) is 3.55. The number of aryl methyl sites for hydroxylation is 1. The molecular weight excluding hydrogens is 226 g/mol. The minimum Gasteiger partial charge on any atom is -0.294 e. The van der Waals surface area contributed by atoms with Gasteiger partial charge in [-0.15, -0.1) is 0 Å². The minimum absolute atomic E-state index is 0.198. The zero-order chi connectivity index (χ0) is 12.1. The molecule has 1 aliphatic rings. The van der Waals surface area contributed by atoms with Gasteiger partial charge < -0.3 is 0 Å². The van der Waals surface area contributed by atoms with Gasteiger partial charge in [0, 0.05) is 18.3 Å². The Morgan fingerprint density at radius 1 is 1.17 bits per heavy atom. The van der Waals surface area contributed by atoms with Gasteiger partial charge in [0.1, 0.15) is 0 Å². The second kappa shape index (κ2) is 3.38. The zero-order valence-electron chi connectivity index (χ0n) is 9.76. The monoisotopic (exact) mass is 237 g/mol. The number of rotatable bonds is 0. The molecule has 0 atom stereocenters. The molecule has 0 spiro atoms. The highest BCUT2D eigenvalue weighted by Crippen LogP contribution is 2.25. The van der Waals surface area contributed by atoms with Gasteiger partial charge in [-0.1, -0.05) is 12.1 Å². The number of aromatic nitrogens is 3. The van der Waals surface area contributed by atoms with Crippen molar-refractivity contribution in [2.45, 2.75) is 19.3 Å². The smallest absolute Gasteiger partial charge is 0.235 e. The maximum atomic E-state index is 11.9. The molecule has 0 amide bonds. The lowest BCUT2D eigenvalue weighted by Crippen LogP contribution is -2.15. The molecule has 88 valence electrons. The Bertz CT molecular complexity index is 788. The maximum absolute atomic E-state index is 11.9. The second-order valence-electron chi connectivity index (χ2n) is 4.63. The molecule has 0 saturated heterocycles. The quantitative estimate of drug-likeness (QED) is 0.603. The summed E-state index contributed by atoms with van der Waals surface area (Å²) in [4.78, 5) is 20.7. The van der Waals surface area contributed by atoms with Gasteiger partial charge in [0.2, 0.25) is 5.78 Å². The summed E-state index contributed by atoms with van der Waals surface area (Å²) in [7, 11) is 0. The van der Waals surface area contributed by atoms with Crippen molar-refractivity contribution in [3.63, 3.8) is 0 Å². The number of imidazole rings is 1. The number of nitrogens with zero attached hydrogens (tertiary/aromatic N) is 3. The summed E-state index contributed by atoms with van der Waals surface area (Å²) in [6.07, 6.45) is 4.14. The Kier molecular flexibility index (Phi) is 1.84. The van der Waals surface area contributed by atoms with Crippen LogP contribution in [0.15, 0.2) is 30.5 Å². The van der Waals surface area contributed by atoms with Crippen LogP contribution in [0.2, 0.25) is 0 Å². The van der Waals surface area contributed by atoms with Crippen LogP contribution in [0, 0.1) is 0 Å². The summed E-state index contributed by atoms with van der Waals surface area (Å²) >= 11 is 0. The second-order valence-corrected chi connectivity index (χ2v) is 4.63. The SMILES string of the molecule is O=C1CCCc2c1cnc1nc3ccccc3n21. The highest BCUT2D eigenvalue weighted by molar-refractivity contribution is 5.98. The first-order valence-electron chi connectivity index (χ1n) is 6.13. The Morgan fingerprint density at radius 3 is 3.00 bits per heavy atom. The molecule has 0 unspecified atom stereocenters. The van der Waals surface area contributed by atoms with Crippen molar-refractivity contribution in [1.29, 1.82) is 0 Å². The molecule has 2 heterocycles. The number of carbonyl (C=O) groups is 1. The van der Waals surface area contributed by atoms with Crippen molar-refractivity contribution < 1.29 is 4.79 Å². The van der Waals surface area contributed by atoms with Gasteiger partial charge in [0.05, 0.1) is 16.6 Å². The van der Waals surface area contributed by atoms with Crippen LogP contribution < -0.4 is 0 Å². The largest absolute Gasteiger partial charge is 0.294 e. The van der Waals surface area contributed by atoms with Crippen molar-refractivity contribution in [3.8, 4) is 0 Å². The van der Waals surface area contributed by atoms with Crippen LogP contribution in [0.4, 0.5) is 0 Å². The highest BCUT2D eigenvalue weighted by Gasteiger charge is 2.21. The van der Waals surface area contributed by atoms with E-state index in [-0.39, 0.29) is 5.78 Å². The number of para-hydroxylation sites is 2. The van der Waals surface area contributed by atoms with Gasteiger partial charge in [0.25, 0.3) is 0 Å². The number of hydrogen-bond donors (Lipinski definition) is 0. The van der Waals surface area contributed by atoms with E-state index in [0.717, 1.165) is 35.1 Å². The third kappa shape index (κ3) is 1.17. The molecule has 0 saturated carbocycles. The molecule has 0 fully saturated rings. The van der Waals surface area contributed by atoms with Gasteiger partial charge >= 0.3 is 0 Å². The number of benzene rings is 1. The predicted octanol–water partition coefficient (Wildman–Crippen LogP) is 2.40. The Labute approximate surface area is 103 Å². The van der Waals surface area contributed by atoms with Crippen molar-refractivity contribution >= 4 is 22.6 Å². The Morgan fingerprint density at radius 2 is 2.06 bits per heavy atom. The number of ketones is 1. The topological polar surface area (TPSA) is 47.3 Å². The molecule has 1 aromatic carbocycles. The molecule has 0 bridgehead atoms. The molecule has 18 heavy (non-hydrogen) atoms. The van der Waals surface area contributed by atoms with E-state index in [2.05, 4.69) is 9.97 Å². The van der Waals surface area contributed by atoms with Crippen LogP contribution >= 0.6 is 0 Å². The van der Waals surface area contributed by atoms with Gasteiger partial charge in [-0.2, -0.15) is 0 Å². The van der Waals surface area contributed by atoms with E-state index in [0.29, 0.717) is 12.2 Å². The maximum Gasteiger partial charge on any atom is 0.235 e. The highest BCUT2D eigenvalue weighted by atomic mass is 16.1. The van der Waals surface area contributed by atoms with Crippen LogP contribution in [0.25, 0.3) is 16.8 Å². The number of fused-ring (bicyclic) bond motifs is 5. The van der Waals surface area contributed by atoms with E-state index in [1.807, 2.05) is 28.7 Å². The fraction of sp³-hybridized carbons (Fsp3) is 0.214. The van der Waals surface area contributed by atoms with Crippen LogP contribution in [0.3, 0.4) is 0 Å². The van der Waals surface area contributed by atoms with Crippen LogP contribution in [-0.4, -0.2) is 20.2 Å². The number of Topliss-reactive ketones (excluding diaryl/α,β-unsaturated/α-hetero) is 1. The predicted molar refractivity (Wildman–Crippen MR) is 67.8 cm³/mol. The van der Waals surface area contributed by atoms with Gasteiger partial charge in [-0.25, -0.2) is 9.97 Å². The normalized spacial score (nSPS) is 15.2. The van der Waals surface area contributed by atoms with E-state index >= 15 is 0 Å². The summed E-state index contributed by atoms with van der Waals surface area (Å²) in [6, 6.07) is 7.95. The average Bonchev–Trinajstić information content (AvgIpc) is 2.77. The lowest BCUT2D eigenvalue weighted by atomic mass is 9.96. The van der Waals surface area contributed by atoms with Crippen LogP contribution in [0.1, 0.15) is 28.9 Å². The van der Waals surface area contributed by atoms with Crippen molar-refractivity contribution in [2.24, 2.45) is 0 Å². The molecule has 1 aliphatic carbocycles. The van der Waals surface area contributed by atoms with E-state index in [4.69, 9.17) is 0 Å². The average molecular weight is 237 g/mol. The number of carbonyl (C=O) groups excluding carboxylic acids is 1. The minimum atomic E-state index is 0.198. The molecular formula is C14H11N3O. The molecule has 0 aliphatic heterocycles. The van der Waals surface area contributed by atoms with Crippen molar-refractivity contribution in [3.05, 3.63) is 41.7 Å². The molecule has 0 radical (unpaired) electrons. The third-order valence-electron chi connectivity index (χ3n) is 3.55. The fourth-order valence-electron chi connectivity index (χ4n) is 2.71. The van der Waals surface area contributed by atoms with E-state index in [1.54, 1.807) is 6.20 Å². The lowest BCUT2D eigenvalue weighted by Gasteiger charge is -2.15. The lowest BCUT2D eigenvalue weighted by molar-refractivity contribution is 0.0971. The summed E-state index contributed by atoms with van der Waals surface area (Å²) in [5.74, 6) is 0.882. The molecule has 2 aromatic heterocycles. The molecule has 4 rings (SSSR count). The summed E-state index contributed by atoms with van der Waals surface area (Å²) in [6.45, 7) is 0. The summed E-state index contributed by atoms with van der Waals surface area (Å²) < 4.78 is 2.03. The van der Waals surface area contributed by atoms with Crippen LogP contribution in [0.5, 0.6) is 0 Å². The molecule has 0 N–H and O–H groups in total. The fourth-order valence-corrected chi connectivity index (χ4v) is 2.71. The summed E-state index contributed by atoms with van der Waals surface area (Å²) in [5, 5.41) is 0. The van der Waals surface area contributed by atoms with E-state index in [9.17, 15) is 4.79 Å². The van der Waals surface area contributed by atoms with Gasteiger partial charge in [-0.3, -0.25) is 9.20 Å². The number of hydrogen-bond acceptors (Lipinski definition) is 3. The zero-order valence-corrected chi connectivity index (χ0v) is 9.76. The first-order chi connectivity index (χ1) is 8.84. The molecule has 4 nitrogen and oxygen atoms in total. The van der Waals surface area contributed by atoms with Crippen molar-refractivity contribution in [2.75, 3.05) is 0 Å². The molecule has 4 heteroatoms. The van der Waals surface area contributed by atoms with E-state index in [1.165, 1.54) is 0 Å². The first kappa shape index (κ1) is 9.76.